The lowest BCUT2D eigenvalue weighted by Gasteiger charge is -2.31. The van der Waals surface area contributed by atoms with Crippen molar-refractivity contribution in [2.24, 2.45) is 0 Å². The van der Waals surface area contributed by atoms with Crippen LogP contribution in [0.1, 0.15) is 55.3 Å². The van der Waals surface area contributed by atoms with Crippen LogP contribution in [0.4, 0.5) is 0 Å². The van der Waals surface area contributed by atoms with Gasteiger partial charge in [0.2, 0.25) is 0 Å². The fourth-order valence-electron chi connectivity index (χ4n) is 2.39. The molecule has 0 unspecified atom stereocenters. The van der Waals surface area contributed by atoms with Gasteiger partial charge in [-0.05, 0) is 25.0 Å². The van der Waals surface area contributed by atoms with Crippen LogP contribution in [-0.4, -0.2) is 11.4 Å². The number of furan rings is 1. The molecule has 1 fully saturated rings. The van der Waals surface area contributed by atoms with Gasteiger partial charge in [-0.15, -0.1) is 0 Å². The van der Waals surface area contributed by atoms with E-state index in [1.165, 1.54) is 0 Å². The summed E-state index contributed by atoms with van der Waals surface area (Å²) < 4.78 is 5.40. The predicted molar refractivity (Wildman–Crippen MR) is 67.0 cm³/mol. The lowest BCUT2D eigenvalue weighted by Crippen LogP contribution is -2.48. The van der Waals surface area contributed by atoms with E-state index in [9.17, 15) is 10.1 Å². The van der Waals surface area contributed by atoms with Crippen molar-refractivity contribution in [2.45, 2.75) is 51.0 Å². The van der Waals surface area contributed by atoms with Gasteiger partial charge in [0.15, 0.2) is 5.76 Å². The number of nitrogens with one attached hydrogen (secondary N) is 1. The number of rotatable bonds is 3. The molecule has 1 aromatic rings. The minimum Gasteiger partial charge on any atom is -0.456 e. The van der Waals surface area contributed by atoms with E-state index in [1.807, 2.05) is 6.92 Å². The van der Waals surface area contributed by atoms with Crippen molar-refractivity contribution in [1.29, 1.82) is 5.26 Å². The molecule has 1 aromatic heterocycles. The second-order valence-electron chi connectivity index (χ2n) is 4.83. The zero-order valence-corrected chi connectivity index (χ0v) is 10.7. The highest BCUT2D eigenvalue weighted by Gasteiger charge is 2.34. The van der Waals surface area contributed by atoms with Crippen molar-refractivity contribution in [3.8, 4) is 6.07 Å². The van der Waals surface area contributed by atoms with Crippen molar-refractivity contribution in [2.75, 3.05) is 0 Å². The van der Waals surface area contributed by atoms with Gasteiger partial charge in [-0.25, -0.2) is 0 Å². The number of hydrogen-bond donors (Lipinski definition) is 1. The van der Waals surface area contributed by atoms with Crippen LogP contribution in [0.5, 0.6) is 0 Å². The summed E-state index contributed by atoms with van der Waals surface area (Å²) in [5.74, 6) is 0.806. The van der Waals surface area contributed by atoms with Gasteiger partial charge in [-0.2, -0.15) is 5.26 Å². The minimum atomic E-state index is -0.700. The van der Waals surface area contributed by atoms with Crippen LogP contribution in [-0.2, 0) is 6.42 Å². The van der Waals surface area contributed by atoms with Gasteiger partial charge in [0, 0.05) is 6.42 Å². The molecule has 0 aromatic carbocycles. The molecule has 1 aliphatic rings. The van der Waals surface area contributed by atoms with Crippen LogP contribution in [0.15, 0.2) is 16.5 Å². The Hall–Kier alpha value is -1.76. The molecule has 0 atom stereocenters. The van der Waals surface area contributed by atoms with Crippen molar-refractivity contribution in [3.63, 3.8) is 0 Å². The van der Waals surface area contributed by atoms with Gasteiger partial charge in [0.05, 0.1) is 6.07 Å². The summed E-state index contributed by atoms with van der Waals surface area (Å²) in [4.78, 5) is 12.1. The number of carbonyl (C=O) groups excluding carboxylic acids is 1. The maximum absolute atomic E-state index is 12.1. The fourth-order valence-corrected chi connectivity index (χ4v) is 2.39. The van der Waals surface area contributed by atoms with Gasteiger partial charge in [0.25, 0.3) is 5.91 Å². The third-order valence-corrected chi connectivity index (χ3v) is 3.51. The Bertz CT molecular complexity index is 464. The summed E-state index contributed by atoms with van der Waals surface area (Å²) in [6.07, 6.45) is 5.35. The van der Waals surface area contributed by atoms with E-state index in [2.05, 4.69) is 11.4 Å². The highest BCUT2D eigenvalue weighted by molar-refractivity contribution is 5.92. The summed E-state index contributed by atoms with van der Waals surface area (Å²) in [6.45, 7) is 1.97. The SMILES string of the molecule is CCc1ccc(C(=O)NC2(C#N)CCCCC2)o1. The minimum absolute atomic E-state index is 0.279. The van der Waals surface area contributed by atoms with Crippen LogP contribution in [0.3, 0.4) is 0 Å². The molecule has 1 N–H and O–H groups in total. The first-order valence-corrected chi connectivity index (χ1v) is 6.51. The maximum Gasteiger partial charge on any atom is 0.288 e. The number of carbonyl (C=O) groups is 1. The van der Waals surface area contributed by atoms with E-state index >= 15 is 0 Å². The van der Waals surface area contributed by atoms with Gasteiger partial charge < -0.3 is 9.73 Å². The lowest BCUT2D eigenvalue weighted by atomic mass is 9.83. The van der Waals surface area contributed by atoms with Crippen LogP contribution in [0, 0.1) is 11.3 Å². The molecule has 0 aliphatic heterocycles. The highest BCUT2D eigenvalue weighted by Crippen LogP contribution is 2.28. The average molecular weight is 246 g/mol. The van der Waals surface area contributed by atoms with E-state index in [1.54, 1.807) is 12.1 Å². The van der Waals surface area contributed by atoms with Crippen LogP contribution in [0.2, 0.25) is 0 Å². The monoisotopic (exact) mass is 246 g/mol. The Balaban J connectivity index is 2.08. The maximum atomic E-state index is 12.1. The molecule has 1 amide bonds. The molecule has 1 heterocycles. The number of aryl methyl sites for hydroxylation is 1. The summed E-state index contributed by atoms with van der Waals surface area (Å²) in [7, 11) is 0. The van der Waals surface area contributed by atoms with Gasteiger partial charge in [-0.1, -0.05) is 26.2 Å². The average Bonchev–Trinajstić information content (AvgIpc) is 2.88. The molecule has 0 radical (unpaired) electrons. The first-order valence-electron chi connectivity index (χ1n) is 6.51. The van der Waals surface area contributed by atoms with Gasteiger partial charge >= 0.3 is 0 Å². The third kappa shape index (κ3) is 2.56. The fraction of sp³-hybridized carbons (Fsp3) is 0.571. The van der Waals surface area contributed by atoms with Crippen LogP contribution >= 0.6 is 0 Å². The van der Waals surface area contributed by atoms with E-state index in [0.29, 0.717) is 5.76 Å². The zero-order chi connectivity index (χ0) is 13.0. The number of amides is 1. The molecular formula is C14H18N2O2. The number of nitrogens with zero attached hydrogens (tertiary/aromatic N) is 1. The molecule has 1 aliphatic carbocycles. The quantitative estimate of drug-likeness (QED) is 0.891. The predicted octanol–water partition coefficient (Wildman–Crippen LogP) is 2.80. The van der Waals surface area contributed by atoms with E-state index in [0.717, 1.165) is 44.3 Å². The summed E-state index contributed by atoms with van der Waals surface area (Å²) in [5, 5.41) is 12.1. The normalized spacial score (nSPS) is 18.0. The van der Waals surface area contributed by atoms with Crippen LogP contribution < -0.4 is 5.32 Å². The molecule has 0 spiro atoms. The topological polar surface area (TPSA) is 66.0 Å². The molecule has 1 saturated carbocycles. The molecule has 18 heavy (non-hydrogen) atoms. The summed E-state index contributed by atoms with van der Waals surface area (Å²) in [6, 6.07) is 5.73. The third-order valence-electron chi connectivity index (χ3n) is 3.51. The zero-order valence-electron chi connectivity index (χ0n) is 10.7. The van der Waals surface area contributed by atoms with Gasteiger partial charge in [-0.3, -0.25) is 4.79 Å². The molecular weight excluding hydrogens is 228 g/mol. The highest BCUT2D eigenvalue weighted by atomic mass is 16.3. The standard InChI is InChI=1S/C14H18N2O2/c1-2-11-6-7-12(18-11)13(17)16-14(10-15)8-4-3-5-9-14/h6-7H,2-5,8-9H2,1H3,(H,16,17). The van der Waals surface area contributed by atoms with E-state index < -0.39 is 5.54 Å². The first kappa shape index (κ1) is 12.7. The molecule has 4 heteroatoms. The lowest BCUT2D eigenvalue weighted by molar-refractivity contribution is 0.0872. The summed E-state index contributed by atoms with van der Waals surface area (Å²) >= 11 is 0. The van der Waals surface area contributed by atoms with E-state index in [4.69, 9.17) is 4.42 Å². The Labute approximate surface area is 107 Å². The first-order chi connectivity index (χ1) is 8.69. The Kier molecular flexibility index (Phi) is 3.71. The van der Waals surface area contributed by atoms with Crippen molar-refractivity contribution >= 4 is 5.91 Å². The largest absolute Gasteiger partial charge is 0.456 e. The molecule has 2 rings (SSSR count). The van der Waals surface area contributed by atoms with Crippen molar-refractivity contribution < 1.29 is 9.21 Å². The number of hydrogen-bond acceptors (Lipinski definition) is 3. The van der Waals surface area contributed by atoms with E-state index in [-0.39, 0.29) is 5.91 Å². The Morgan fingerprint density at radius 2 is 2.17 bits per heavy atom. The number of nitriles is 1. The summed E-state index contributed by atoms with van der Waals surface area (Å²) in [5.41, 5.74) is -0.700. The Morgan fingerprint density at radius 1 is 1.44 bits per heavy atom. The molecule has 96 valence electrons. The smallest absolute Gasteiger partial charge is 0.288 e. The molecule has 0 saturated heterocycles. The van der Waals surface area contributed by atoms with Crippen molar-refractivity contribution in [1.82, 2.24) is 5.32 Å². The van der Waals surface area contributed by atoms with Gasteiger partial charge in [0.1, 0.15) is 11.3 Å². The second kappa shape index (κ2) is 5.26. The Morgan fingerprint density at radius 3 is 2.72 bits per heavy atom. The van der Waals surface area contributed by atoms with Crippen molar-refractivity contribution in [3.05, 3.63) is 23.7 Å². The molecule has 0 bridgehead atoms. The van der Waals surface area contributed by atoms with Crippen LogP contribution in [0.25, 0.3) is 0 Å². The molecule has 4 nitrogen and oxygen atoms in total. The second-order valence-corrected chi connectivity index (χ2v) is 4.83.